The number of nitrogens with two attached hydrogens (primary N) is 1. The van der Waals surface area contributed by atoms with Crippen molar-refractivity contribution in [2.75, 3.05) is 19.4 Å². The van der Waals surface area contributed by atoms with Gasteiger partial charge in [-0.3, -0.25) is 4.79 Å². The van der Waals surface area contributed by atoms with Crippen molar-refractivity contribution in [2.24, 2.45) is 0 Å². The Kier molecular flexibility index (Phi) is 5.16. The lowest BCUT2D eigenvalue weighted by Gasteiger charge is -2.08. The van der Waals surface area contributed by atoms with Crippen molar-refractivity contribution in [1.29, 1.82) is 0 Å². The molecule has 3 N–H and O–H groups in total. The SMILES string of the molecule is COc1cccc(CCNC(=O)c2cc(Br)cnc2N)c1. The number of nitrogens with zero attached hydrogens (tertiary/aromatic N) is 1. The zero-order chi connectivity index (χ0) is 15.2. The minimum Gasteiger partial charge on any atom is -0.497 e. The van der Waals surface area contributed by atoms with E-state index >= 15 is 0 Å². The lowest BCUT2D eigenvalue weighted by Crippen LogP contribution is -2.26. The molecule has 0 spiro atoms. The second-order valence-corrected chi connectivity index (χ2v) is 5.36. The molecule has 6 heteroatoms. The highest BCUT2D eigenvalue weighted by atomic mass is 79.9. The van der Waals surface area contributed by atoms with Crippen molar-refractivity contribution in [3.05, 3.63) is 52.1 Å². The van der Waals surface area contributed by atoms with Gasteiger partial charge in [0.1, 0.15) is 11.6 Å². The maximum absolute atomic E-state index is 12.1. The first-order valence-corrected chi connectivity index (χ1v) is 7.21. The fourth-order valence-electron chi connectivity index (χ4n) is 1.88. The number of nitrogens with one attached hydrogen (secondary N) is 1. The Hall–Kier alpha value is -2.08. The molecule has 2 aromatic rings. The van der Waals surface area contributed by atoms with Gasteiger partial charge in [-0.25, -0.2) is 4.98 Å². The van der Waals surface area contributed by atoms with Gasteiger partial charge < -0.3 is 15.8 Å². The molecule has 5 nitrogen and oxygen atoms in total. The van der Waals surface area contributed by atoms with Crippen LogP contribution in [0.5, 0.6) is 5.75 Å². The van der Waals surface area contributed by atoms with E-state index in [1.165, 1.54) is 0 Å². The predicted octanol–water partition coefficient (Wildman–Crippen LogP) is 2.41. The van der Waals surface area contributed by atoms with E-state index in [9.17, 15) is 4.79 Å². The van der Waals surface area contributed by atoms with Gasteiger partial charge in [-0.15, -0.1) is 0 Å². The lowest BCUT2D eigenvalue weighted by molar-refractivity contribution is 0.0954. The number of hydrogen-bond acceptors (Lipinski definition) is 4. The minimum atomic E-state index is -0.232. The highest BCUT2D eigenvalue weighted by Gasteiger charge is 2.10. The first kappa shape index (κ1) is 15.3. The highest BCUT2D eigenvalue weighted by molar-refractivity contribution is 9.10. The number of rotatable bonds is 5. The Labute approximate surface area is 131 Å². The molecule has 1 aromatic carbocycles. The van der Waals surface area contributed by atoms with Crippen LogP contribution in [-0.4, -0.2) is 24.5 Å². The molecule has 0 aliphatic carbocycles. The van der Waals surface area contributed by atoms with Gasteiger partial charge in [0.2, 0.25) is 0 Å². The first-order valence-electron chi connectivity index (χ1n) is 6.42. The molecular weight excluding hydrogens is 334 g/mol. The molecule has 110 valence electrons. The van der Waals surface area contributed by atoms with E-state index < -0.39 is 0 Å². The molecule has 0 bridgehead atoms. The summed E-state index contributed by atoms with van der Waals surface area (Å²) in [6.45, 7) is 0.512. The average molecular weight is 350 g/mol. The quantitative estimate of drug-likeness (QED) is 0.868. The zero-order valence-electron chi connectivity index (χ0n) is 11.6. The number of ether oxygens (including phenoxy) is 1. The van der Waals surface area contributed by atoms with Gasteiger partial charge >= 0.3 is 0 Å². The van der Waals surface area contributed by atoms with Crippen molar-refractivity contribution >= 4 is 27.7 Å². The van der Waals surface area contributed by atoms with E-state index in [0.29, 0.717) is 18.5 Å². The number of carbonyl (C=O) groups excluding carboxylic acids is 1. The number of benzene rings is 1. The molecule has 0 saturated carbocycles. The van der Waals surface area contributed by atoms with Gasteiger partial charge in [-0.05, 0) is 46.1 Å². The van der Waals surface area contributed by atoms with Crippen molar-refractivity contribution in [1.82, 2.24) is 10.3 Å². The summed E-state index contributed by atoms with van der Waals surface area (Å²) in [7, 11) is 1.63. The molecular formula is C15H16BrN3O2. The number of pyridine rings is 1. The van der Waals surface area contributed by atoms with Gasteiger partial charge in [0.05, 0.1) is 12.7 Å². The van der Waals surface area contributed by atoms with Crippen LogP contribution in [0, 0.1) is 0 Å². The third-order valence-corrected chi connectivity index (χ3v) is 3.40. The van der Waals surface area contributed by atoms with Crippen molar-refractivity contribution in [3.63, 3.8) is 0 Å². The standard InChI is InChI=1S/C15H16BrN3O2/c1-21-12-4-2-3-10(7-12)5-6-18-15(20)13-8-11(16)9-19-14(13)17/h2-4,7-9H,5-6H2,1H3,(H2,17,19)(H,18,20). The zero-order valence-corrected chi connectivity index (χ0v) is 13.2. The molecule has 0 aliphatic rings. The van der Waals surface area contributed by atoms with Crippen molar-refractivity contribution in [3.8, 4) is 5.75 Å². The maximum atomic E-state index is 12.1. The summed E-state index contributed by atoms with van der Waals surface area (Å²) in [5, 5.41) is 2.83. The van der Waals surface area contributed by atoms with E-state index in [-0.39, 0.29) is 11.7 Å². The van der Waals surface area contributed by atoms with E-state index in [4.69, 9.17) is 10.5 Å². The Morgan fingerprint density at radius 3 is 3.00 bits per heavy atom. The second kappa shape index (κ2) is 7.08. The molecule has 0 saturated heterocycles. The van der Waals surface area contributed by atoms with E-state index in [2.05, 4.69) is 26.2 Å². The van der Waals surface area contributed by atoms with Gasteiger partial charge in [0.15, 0.2) is 0 Å². The summed E-state index contributed by atoms with van der Waals surface area (Å²) in [5.41, 5.74) is 7.16. The molecule has 0 fully saturated rings. The second-order valence-electron chi connectivity index (χ2n) is 4.44. The number of halogens is 1. The lowest BCUT2D eigenvalue weighted by atomic mass is 10.1. The smallest absolute Gasteiger partial charge is 0.255 e. The number of hydrogen-bond donors (Lipinski definition) is 2. The van der Waals surface area contributed by atoms with Crippen LogP contribution in [0.25, 0.3) is 0 Å². The molecule has 1 aromatic heterocycles. The normalized spacial score (nSPS) is 10.2. The maximum Gasteiger partial charge on any atom is 0.255 e. The van der Waals surface area contributed by atoms with Crippen LogP contribution in [-0.2, 0) is 6.42 Å². The molecule has 0 radical (unpaired) electrons. The largest absolute Gasteiger partial charge is 0.497 e. The minimum absolute atomic E-state index is 0.220. The third kappa shape index (κ3) is 4.19. The summed E-state index contributed by atoms with van der Waals surface area (Å²) >= 11 is 3.27. The predicted molar refractivity (Wildman–Crippen MR) is 85.4 cm³/mol. The number of carbonyl (C=O) groups is 1. The molecule has 1 amide bonds. The van der Waals surface area contributed by atoms with Crippen molar-refractivity contribution < 1.29 is 9.53 Å². The van der Waals surface area contributed by atoms with Gasteiger partial charge in [-0.2, -0.15) is 0 Å². The molecule has 0 atom stereocenters. The van der Waals surface area contributed by atoms with Crippen LogP contribution in [0.1, 0.15) is 15.9 Å². The fraction of sp³-hybridized carbons (Fsp3) is 0.200. The third-order valence-electron chi connectivity index (χ3n) is 2.96. The topological polar surface area (TPSA) is 77.2 Å². The molecule has 1 heterocycles. The Morgan fingerprint density at radius 1 is 1.43 bits per heavy atom. The highest BCUT2D eigenvalue weighted by Crippen LogP contribution is 2.15. The van der Waals surface area contributed by atoms with Gasteiger partial charge in [0.25, 0.3) is 5.91 Å². The number of amides is 1. The van der Waals surface area contributed by atoms with Crippen LogP contribution in [0.2, 0.25) is 0 Å². The number of aromatic nitrogens is 1. The molecule has 0 aliphatic heterocycles. The number of nitrogen functional groups attached to an aromatic ring is 1. The monoisotopic (exact) mass is 349 g/mol. The molecule has 21 heavy (non-hydrogen) atoms. The van der Waals surface area contributed by atoms with Gasteiger partial charge in [0, 0.05) is 17.2 Å². The number of anilines is 1. The molecule has 2 rings (SSSR count). The molecule has 0 unspecified atom stereocenters. The van der Waals surface area contributed by atoms with Crippen LogP contribution < -0.4 is 15.8 Å². The summed E-state index contributed by atoms with van der Waals surface area (Å²) in [4.78, 5) is 16.0. The summed E-state index contributed by atoms with van der Waals surface area (Å²) in [5.74, 6) is 0.792. The Balaban J connectivity index is 1.93. The Bertz CT molecular complexity index is 647. The fourth-order valence-corrected chi connectivity index (χ4v) is 2.21. The van der Waals surface area contributed by atoms with E-state index in [1.54, 1.807) is 19.4 Å². The van der Waals surface area contributed by atoms with Crippen LogP contribution in [0.3, 0.4) is 0 Å². The van der Waals surface area contributed by atoms with Crippen LogP contribution in [0.4, 0.5) is 5.82 Å². The van der Waals surface area contributed by atoms with Gasteiger partial charge in [-0.1, -0.05) is 12.1 Å². The Morgan fingerprint density at radius 2 is 2.24 bits per heavy atom. The van der Waals surface area contributed by atoms with Crippen molar-refractivity contribution in [2.45, 2.75) is 6.42 Å². The van der Waals surface area contributed by atoms with Crippen LogP contribution >= 0.6 is 15.9 Å². The average Bonchev–Trinajstić information content (AvgIpc) is 2.49. The van der Waals surface area contributed by atoms with E-state index in [0.717, 1.165) is 15.8 Å². The summed E-state index contributed by atoms with van der Waals surface area (Å²) in [6.07, 6.45) is 2.27. The first-order chi connectivity index (χ1) is 10.1. The summed E-state index contributed by atoms with van der Waals surface area (Å²) < 4.78 is 5.88. The van der Waals surface area contributed by atoms with E-state index in [1.807, 2.05) is 24.3 Å². The summed E-state index contributed by atoms with van der Waals surface area (Å²) in [6, 6.07) is 9.40. The van der Waals surface area contributed by atoms with Crippen LogP contribution in [0.15, 0.2) is 41.0 Å². The number of methoxy groups -OCH3 is 1.